The minimum atomic E-state index is -3.54. The van der Waals surface area contributed by atoms with Gasteiger partial charge in [0.05, 0.1) is 4.90 Å². The fraction of sp³-hybridized carbons (Fsp3) is 0.389. The molecular formula is C18H23N3O4S. The van der Waals surface area contributed by atoms with Crippen LogP contribution in [0, 0.1) is 0 Å². The van der Waals surface area contributed by atoms with Crippen LogP contribution < -0.4 is 10.0 Å². The SMILES string of the molecule is C=CCN1CCC(NC(=O)c2cc3cc(S(=O)(=O)NC)ccc3o2)CC1. The summed E-state index contributed by atoms with van der Waals surface area (Å²) in [5, 5.41) is 3.58. The first-order valence-corrected chi connectivity index (χ1v) is 10.0. The third-order valence-corrected chi connectivity index (χ3v) is 6.01. The van der Waals surface area contributed by atoms with Crippen molar-refractivity contribution in [2.75, 3.05) is 26.7 Å². The van der Waals surface area contributed by atoms with Gasteiger partial charge in [0.1, 0.15) is 5.58 Å². The Hall–Kier alpha value is -2.16. The lowest BCUT2D eigenvalue weighted by Crippen LogP contribution is -2.44. The highest BCUT2D eigenvalue weighted by Gasteiger charge is 2.22. The Balaban J connectivity index is 1.70. The lowest BCUT2D eigenvalue weighted by Gasteiger charge is -2.31. The van der Waals surface area contributed by atoms with Crippen molar-refractivity contribution in [3.63, 3.8) is 0 Å². The maximum absolute atomic E-state index is 12.5. The molecule has 7 nitrogen and oxygen atoms in total. The first-order valence-electron chi connectivity index (χ1n) is 8.54. The third-order valence-electron chi connectivity index (χ3n) is 4.60. The molecule has 0 unspecified atom stereocenters. The van der Waals surface area contributed by atoms with Crippen molar-refractivity contribution in [3.8, 4) is 0 Å². The lowest BCUT2D eigenvalue weighted by molar-refractivity contribution is 0.0888. The van der Waals surface area contributed by atoms with E-state index in [4.69, 9.17) is 4.42 Å². The molecule has 1 aliphatic rings. The van der Waals surface area contributed by atoms with Crippen LogP contribution in [0.15, 0.2) is 46.2 Å². The summed E-state index contributed by atoms with van der Waals surface area (Å²) in [6.07, 6.45) is 3.64. The van der Waals surface area contributed by atoms with Gasteiger partial charge in [0, 0.05) is 31.1 Å². The van der Waals surface area contributed by atoms with Crippen molar-refractivity contribution in [3.05, 3.63) is 42.7 Å². The number of nitrogens with zero attached hydrogens (tertiary/aromatic N) is 1. The van der Waals surface area contributed by atoms with E-state index < -0.39 is 10.0 Å². The third kappa shape index (κ3) is 3.98. The number of hydrogen-bond donors (Lipinski definition) is 2. The van der Waals surface area contributed by atoms with Gasteiger partial charge in [-0.25, -0.2) is 13.1 Å². The molecule has 1 saturated heterocycles. The standard InChI is InChI=1S/C18H23N3O4S/c1-3-8-21-9-6-14(7-10-21)20-18(22)17-12-13-11-15(26(23,24)19-2)4-5-16(13)25-17/h3-5,11-12,14,19H,1,6-10H2,2H3,(H,20,22). The zero-order valence-electron chi connectivity index (χ0n) is 14.7. The van der Waals surface area contributed by atoms with E-state index in [0.717, 1.165) is 32.5 Å². The van der Waals surface area contributed by atoms with Crippen LogP contribution in [-0.4, -0.2) is 51.9 Å². The van der Waals surface area contributed by atoms with Crippen molar-refractivity contribution < 1.29 is 17.6 Å². The molecule has 1 fully saturated rings. The molecule has 2 aromatic rings. The smallest absolute Gasteiger partial charge is 0.287 e. The molecule has 3 rings (SSSR count). The largest absolute Gasteiger partial charge is 0.451 e. The van der Waals surface area contributed by atoms with Crippen molar-refractivity contribution in [1.29, 1.82) is 0 Å². The number of piperidine rings is 1. The summed E-state index contributed by atoms with van der Waals surface area (Å²) in [7, 11) is -2.18. The van der Waals surface area contributed by atoms with Crippen LogP contribution >= 0.6 is 0 Å². The zero-order valence-corrected chi connectivity index (χ0v) is 15.5. The van der Waals surface area contributed by atoms with Crippen LogP contribution in [-0.2, 0) is 10.0 Å². The van der Waals surface area contributed by atoms with Crippen LogP contribution in [0.4, 0.5) is 0 Å². The van der Waals surface area contributed by atoms with Gasteiger partial charge in [-0.05, 0) is 44.2 Å². The molecule has 1 aromatic heterocycles. The van der Waals surface area contributed by atoms with Crippen LogP contribution in [0.25, 0.3) is 11.0 Å². The second kappa shape index (κ2) is 7.61. The molecule has 26 heavy (non-hydrogen) atoms. The summed E-state index contributed by atoms with van der Waals surface area (Å²) in [6, 6.07) is 6.19. The minimum Gasteiger partial charge on any atom is -0.451 e. The molecule has 0 spiro atoms. The first-order chi connectivity index (χ1) is 12.4. The van der Waals surface area contributed by atoms with E-state index in [2.05, 4.69) is 21.5 Å². The highest BCUT2D eigenvalue weighted by atomic mass is 32.2. The highest BCUT2D eigenvalue weighted by Crippen LogP contribution is 2.23. The molecule has 1 amide bonds. The number of nitrogens with one attached hydrogen (secondary N) is 2. The summed E-state index contributed by atoms with van der Waals surface area (Å²) in [6.45, 7) is 6.45. The molecule has 0 aliphatic carbocycles. The van der Waals surface area contributed by atoms with Gasteiger partial charge in [0.15, 0.2) is 5.76 Å². The van der Waals surface area contributed by atoms with Crippen LogP contribution in [0.2, 0.25) is 0 Å². The lowest BCUT2D eigenvalue weighted by atomic mass is 10.0. The van der Waals surface area contributed by atoms with Gasteiger partial charge in [-0.1, -0.05) is 6.08 Å². The Morgan fingerprint density at radius 3 is 2.73 bits per heavy atom. The molecule has 0 saturated carbocycles. The molecule has 0 atom stereocenters. The van der Waals surface area contributed by atoms with Crippen molar-refractivity contribution in [2.24, 2.45) is 0 Å². The van der Waals surface area contributed by atoms with Gasteiger partial charge in [0.2, 0.25) is 10.0 Å². The molecule has 2 N–H and O–H groups in total. The number of carbonyl (C=O) groups is 1. The first kappa shape index (κ1) is 18.6. The number of furan rings is 1. The second-order valence-corrected chi connectivity index (χ2v) is 8.24. The Kier molecular flexibility index (Phi) is 5.45. The van der Waals surface area contributed by atoms with E-state index in [-0.39, 0.29) is 22.6 Å². The monoisotopic (exact) mass is 377 g/mol. The van der Waals surface area contributed by atoms with E-state index in [1.165, 1.54) is 19.2 Å². The predicted molar refractivity (Wildman–Crippen MR) is 99.6 cm³/mol. The van der Waals surface area contributed by atoms with E-state index in [0.29, 0.717) is 11.0 Å². The fourth-order valence-electron chi connectivity index (χ4n) is 3.12. The molecule has 1 aromatic carbocycles. The highest BCUT2D eigenvalue weighted by molar-refractivity contribution is 7.89. The predicted octanol–water partition coefficient (Wildman–Crippen LogP) is 1.72. The minimum absolute atomic E-state index is 0.108. The quantitative estimate of drug-likeness (QED) is 0.748. The molecule has 0 bridgehead atoms. The van der Waals surface area contributed by atoms with Gasteiger partial charge in [-0.2, -0.15) is 0 Å². The van der Waals surface area contributed by atoms with Gasteiger partial charge in [0.25, 0.3) is 5.91 Å². The Morgan fingerprint density at radius 1 is 1.35 bits per heavy atom. The van der Waals surface area contributed by atoms with Crippen LogP contribution in [0.1, 0.15) is 23.4 Å². The molecule has 140 valence electrons. The summed E-state index contributed by atoms with van der Waals surface area (Å²) in [5.74, 6) is -0.0890. The number of fused-ring (bicyclic) bond motifs is 1. The average Bonchev–Trinajstić information content (AvgIpc) is 3.07. The number of sulfonamides is 1. The van der Waals surface area contributed by atoms with E-state index in [9.17, 15) is 13.2 Å². The Morgan fingerprint density at radius 2 is 2.08 bits per heavy atom. The zero-order chi connectivity index (χ0) is 18.7. The van der Waals surface area contributed by atoms with Crippen molar-refractivity contribution >= 4 is 26.9 Å². The van der Waals surface area contributed by atoms with Gasteiger partial charge < -0.3 is 9.73 Å². The topological polar surface area (TPSA) is 91.7 Å². The number of carbonyl (C=O) groups excluding carboxylic acids is 1. The number of hydrogen-bond acceptors (Lipinski definition) is 5. The van der Waals surface area contributed by atoms with Gasteiger partial charge in [-0.15, -0.1) is 6.58 Å². The number of rotatable bonds is 6. The molecule has 0 radical (unpaired) electrons. The number of amides is 1. The van der Waals surface area contributed by atoms with Crippen LogP contribution in [0.3, 0.4) is 0 Å². The molecule has 1 aliphatic heterocycles. The summed E-state index contributed by atoms with van der Waals surface area (Å²) in [4.78, 5) is 14.9. The van der Waals surface area contributed by atoms with Crippen LogP contribution in [0.5, 0.6) is 0 Å². The summed E-state index contributed by atoms with van der Waals surface area (Å²) in [5.41, 5.74) is 0.478. The fourth-order valence-corrected chi connectivity index (χ4v) is 3.88. The van der Waals surface area contributed by atoms with E-state index in [1.807, 2.05) is 6.08 Å². The van der Waals surface area contributed by atoms with E-state index >= 15 is 0 Å². The maximum Gasteiger partial charge on any atom is 0.287 e. The normalized spacial score (nSPS) is 16.7. The van der Waals surface area contributed by atoms with Gasteiger partial charge >= 0.3 is 0 Å². The molecule has 8 heteroatoms. The van der Waals surface area contributed by atoms with E-state index in [1.54, 1.807) is 12.1 Å². The molecule has 2 heterocycles. The van der Waals surface area contributed by atoms with Gasteiger partial charge in [-0.3, -0.25) is 9.69 Å². The maximum atomic E-state index is 12.5. The summed E-state index contributed by atoms with van der Waals surface area (Å²) < 4.78 is 31.6. The Bertz CT molecular complexity index is 912. The molecular weight excluding hydrogens is 354 g/mol. The average molecular weight is 377 g/mol. The number of benzene rings is 1. The second-order valence-electron chi connectivity index (χ2n) is 6.35. The van der Waals surface area contributed by atoms with Crippen molar-refractivity contribution in [2.45, 2.75) is 23.8 Å². The summed E-state index contributed by atoms with van der Waals surface area (Å²) >= 11 is 0. The Labute approximate surface area is 153 Å². The number of likely N-dealkylation sites (tertiary alicyclic amines) is 1. The van der Waals surface area contributed by atoms with Crippen molar-refractivity contribution in [1.82, 2.24) is 14.9 Å².